The van der Waals surface area contributed by atoms with E-state index in [9.17, 15) is 19.2 Å². The van der Waals surface area contributed by atoms with Crippen molar-refractivity contribution in [3.63, 3.8) is 0 Å². The van der Waals surface area contributed by atoms with E-state index in [4.69, 9.17) is 9.26 Å². The molecular weight excluding hydrogens is 440 g/mol. The molecule has 1 aliphatic rings. The van der Waals surface area contributed by atoms with E-state index in [1.54, 1.807) is 20.8 Å². The number of rotatable bonds is 13. The minimum absolute atomic E-state index is 0.0206. The van der Waals surface area contributed by atoms with Gasteiger partial charge < -0.3 is 25.2 Å². The molecule has 0 spiro atoms. The summed E-state index contributed by atoms with van der Waals surface area (Å²) >= 11 is 0. The number of nitrogens with one attached hydrogen (secondary N) is 3. The molecule has 0 aliphatic heterocycles. The Balaban J connectivity index is 2.10. The molecular formula is C24H38N4O6. The second-order valence-electron chi connectivity index (χ2n) is 10.2. The Labute approximate surface area is 200 Å². The largest absolute Gasteiger partial charge is 0.382 e. The number of nitrogens with zero attached hydrogens (tertiary/aromatic N) is 1. The van der Waals surface area contributed by atoms with Gasteiger partial charge >= 0.3 is 0 Å². The number of Topliss-reactive ketones (excluding diaryl/α,β-unsaturated/α-hetero) is 1. The van der Waals surface area contributed by atoms with Crippen LogP contribution in [0, 0.1) is 24.2 Å². The molecule has 3 amide bonds. The fourth-order valence-electron chi connectivity index (χ4n) is 3.66. The minimum atomic E-state index is -1.03. The molecule has 3 N–H and O–H groups in total. The van der Waals surface area contributed by atoms with E-state index >= 15 is 0 Å². The molecule has 2 rings (SSSR count). The SMILES string of the molecule is COC[C@H](NC(=O)[C@@H](NC(=O)c1cc(C)on1)C(C)C)C(=O)N[C@@H](CC(C)C)C(=O)C1(C)CC1. The van der Waals surface area contributed by atoms with Crippen molar-refractivity contribution in [1.82, 2.24) is 21.1 Å². The third kappa shape index (κ3) is 7.38. The summed E-state index contributed by atoms with van der Waals surface area (Å²) in [5.41, 5.74) is -0.329. The third-order valence-corrected chi connectivity index (χ3v) is 6.00. The molecule has 0 unspecified atom stereocenters. The Bertz CT molecular complexity index is 890. The van der Waals surface area contributed by atoms with Gasteiger partial charge in [-0.2, -0.15) is 0 Å². The second kappa shape index (κ2) is 11.6. The fourth-order valence-corrected chi connectivity index (χ4v) is 3.66. The van der Waals surface area contributed by atoms with Gasteiger partial charge in [0.1, 0.15) is 17.8 Å². The maximum Gasteiger partial charge on any atom is 0.274 e. The predicted octanol–water partition coefficient (Wildman–Crippen LogP) is 1.77. The summed E-state index contributed by atoms with van der Waals surface area (Å²) in [5, 5.41) is 11.8. The molecule has 1 aromatic heterocycles. The quantitative estimate of drug-likeness (QED) is 0.392. The first kappa shape index (κ1) is 27.5. The van der Waals surface area contributed by atoms with E-state index < -0.39 is 35.8 Å². The molecule has 0 radical (unpaired) electrons. The topological polar surface area (TPSA) is 140 Å². The lowest BCUT2D eigenvalue weighted by Crippen LogP contribution is -2.58. The van der Waals surface area contributed by atoms with Crippen LogP contribution < -0.4 is 16.0 Å². The average Bonchev–Trinajstić information content (AvgIpc) is 3.35. The van der Waals surface area contributed by atoms with Crippen molar-refractivity contribution in [3.8, 4) is 0 Å². The summed E-state index contributed by atoms with van der Waals surface area (Å²) in [6, 6.07) is -1.11. The van der Waals surface area contributed by atoms with Gasteiger partial charge in [0.15, 0.2) is 11.5 Å². The van der Waals surface area contributed by atoms with Crippen LogP contribution in [0.1, 0.15) is 70.1 Å². The van der Waals surface area contributed by atoms with Gasteiger partial charge in [-0.15, -0.1) is 0 Å². The number of ether oxygens (including phenoxy) is 1. The lowest BCUT2D eigenvalue weighted by molar-refractivity contribution is -0.134. The summed E-state index contributed by atoms with van der Waals surface area (Å²) in [6.45, 7) is 11.0. The Morgan fingerprint density at radius 1 is 1.06 bits per heavy atom. The highest BCUT2D eigenvalue weighted by Gasteiger charge is 2.48. The first-order valence-corrected chi connectivity index (χ1v) is 11.8. The Morgan fingerprint density at radius 2 is 1.68 bits per heavy atom. The number of aromatic nitrogens is 1. The number of carbonyl (C=O) groups is 4. The molecule has 3 atom stereocenters. The highest BCUT2D eigenvalue weighted by Crippen LogP contribution is 2.47. The van der Waals surface area contributed by atoms with Crippen molar-refractivity contribution in [3.05, 3.63) is 17.5 Å². The zero-order valence-electron chi connectivity index (χ0n) is 21.2. The van der Waals surface area contributed by atoms with Gasteiger partial charge in [0.2, 0.25) is 11.8 Å². The van der Waals surface area contributed by atoms with Gasteiger partial charge in [0.05, 0.1) is 12.6 Å². The maximum absolute atomic E-state index is 13.1. The Hall–Kier alpha value is -2.75. The molecule has 10 heteroatoms. The molecule has 1 aromatic rings. The van der Waals surface area contributed by atoms with Crippen molar-refractivity contribution in [2.45, 2.75) is 78.9 Å². The van der Waals surface area contributed by atoms with Gasteiger partial charge in [0.25, 0.3) is 5.91 Å². The van der Waals surface area contributed by atoms with E-state index in [1.807, 2.05) is 20.8 Å². The van der Waals surface area contributed by atoms with E-state index in [0.717, 1.165) is 12.8 Å². The number of ketones is 1. The number of carbonyl (C=O) groups excluding carboxylic acids is 4. The molecule has 190 valence electrons. The molecule has 1 saturated carbocycles. The highest BCUT2D eigenvalue weighted by atomic mass is 16.5. The summed E-state index contributed by atoms with van der Waals surface area (Å²) in [5.74, 6) is -1.17. The van der Waals surface area contributed by atoms with Crippen LogP contribution in [0.25, 0.3) is 0 Å². The van der Waals surface area contributed by atoms with Gasteiger partial charge in [-0.05, 0) is 38.0 Å². The number of aryl methyl sites for hydroxylation is 1. The summed E-state index contributed by atoms with van der Waals surface area (Å²) in [4.78, 5) is 51.6. The van der Waals surface area contributed by atoms with Crippen molar-refractivity contribution in [1.29, 1.82) is 0 Å². The van der Waals surface area contributed by atoms with E-state index in [0.29, 0.717) is 12.2 Å². The molecule has 0 aromatic carbocycles. The van der Waals surface area contributed by atoms with Crippen LogP contribution in [0.2, 0.25) is 0 Å². The standard InChI is InChI=1S/C24H38N4O6/c1-13(2)10-16(20(29)24(6)8-9-24)25-22(31)18(12-33-7)26-23(32)19(14(3)4)27-21(30)17-11-15(5)34-28-17/h11,13-14,16,18-19H,8-10,12H2,1-7H3,(H,25,31)(H,26,32)(H,27,30)/t16-,18-,19-/m0/s1. The number of methoxy groups -OCH3 is 1. The Kier molecular flexibility index (Phi) is 9.37. The second-order valence-corrected chi connectivity index (χ2v) is 10.2. The maximum atomic E-state index is 13.1. The van der Waals surface area contributed by atoms with Crippen molar-refractivity contribution < 1.29 is 28.4 Å². The summed E-state index contributed by atoms with van der Waals surface area (Å²) in [6.07, 6.45) is 2.14. The van der Waals surface area contributed by atoms with Crippen LogP contribution in [0.4, 0.5) is 0 Å². The van der Waals surface area contributed by atoms with Crippen LogP contribution in [0.5, 0.6) is 0 Å². The zero-order chi connectivity index (χ0) is 25.6. The van der Waals surface area contributed by atoms with Gasteiger partial charge in [-0.1, -0.05) is 39.8 Å². The van der Waals surface area contributed by atoms with Crippen LogP contribution in [0.15, 0.2) is 10.6 Å². The highest BCUT2D eigenvalue weighted by molar-refractivity contribution is 5.98. The number of hydrogen-bond acceptors (Lipinski definition) is 7. The van der Waals surface area contributed by atoms with E-state index in [1.165, 1.54) is 13.2 Å². The van der Waals surface area contributed by atoms with Gasteiger partial charge in [0, 0.05) is 18.6 Å². The first-order chi connectivity index (χ1) is 15.9. The molecule has 34 heavy (non-hydrogen) atoms. The summed E-state index contributed by atoms with van der Waals surface area (Å²) in [7, 11) is 1.42. The molecule has 10 nitrogen and oxygen atoms in total. The van der Waals surface area contributed by atoms with Crippen LogP contribution in [0.3, 0.4) is 0 Å². The van der Waals surface area contributed by atoms with Crippen molar-refractivity contribution in [2.24, 2.45) is 17.3 Å². The van der Waals surface area contributed by atoms with Crippen LogP contribution in [-0.4, -0.2) is 60.5 Å². The lowest BCUT2D eigenvalue weighted by Gasteiger charge is -2.27. The average molecular weight is 479 g/mol. The van der Waals surface area contributed by atoms with E-state index in [-0.39, 0.29) is 35.3 Å². The van der Waals surface area contributed by atoms with Crippen LogP contribution >= 0.6 is 0 Å². The summed E-state index contributed by atoms with van der Waals surface area (Å²) < 4.78 is 10.1. The normalized spacial score (nSPS) is 17.1. The zero-order valence-corrected chi connectivity index (χ0v) is 21.2. The van der Waals surface area contributed by atoms with Crippen molar-refractivity contribution >= 4 is 23.5 Å². The molecule has 0 saturated heterocycles. The molecule has 1 fully saturated rings. The Morgan fingerprint density at radius 3 is 2.15 bits per heavy atom. The third-order valence-electron chi connectivity index (χ3n) is 6.00. The lowest BCUT2D eigenvalue weighted by atomic mass is 9.91. The monoisotopic (exact) mass is 478 g/mol. The molecule has 0 bridgehead atoms. The predicted molar refractivity (Wildman–Crippen MR) is 125 cm³/mol. The molecule has 1 aliphatic carbocycles. The van der Waals surface area contributed by atoms with Crippen LogP contribution in [-0.2, 0) is 19.1 Å². The fraction of sp³-hybridized carbons (Fsp3) is 0.708. The van der Waals surface area contributed by atoms with E-state index in [2.05, 4.69) is 21.1 Å². The number of hydrogen-bond donors (Lipinski definition) is 3. The number of amides is 3. The van der Waals surface area contributed by atoms with Crippen molar-refractivity contribution in [2.75, 3.05) is 13.7 Å². The molecule has 1 heterocycles. The van der Waals surface area contributed by atoms with Gasteiger partial charge in [-0.3, -0.25) is 19.2 Å². The van der Waals surface area contributed by atoms with Gasteiger partial charge in [-0.25, -0.2) is 0 Å². The first-order valence-electron chi connectivity index (χ1n) is 11.8. The smallest absolute Gasteiger partial charge is 0.274 e. The minimum Gasteiger partial charge on any atom is -0.382 e.